The van der Waals surface area contributed by atoms with Gasteiger partial charge in [-0.3, -0.25) is 0 Å². The summed E-state index contributed by atoms with van der Waals surface area (Å²) >= 11 is 0. The van der Waals surface area contributed by atoms with Crippen LogP contribution in [0, 0.1) is 0 Å². The summed E-state index contributed by atoms with van der Waals surface area (Å²) in [5, 5.41) is 3.59. The molecular formula is C10H21NO. The first-order valence-electron chi connectivity index (χ1n) is 5.24. The summed E-state index contributed by atoms with van der Waals surface area (Å²) < 4.78 is 5.32. The van der Waals surface area contributed by atoms with E-state index >= 15 is 0 Å². The van der Waals surface area contributed by atoms with Gasteiger partial charge in [0.2, 0.25) is 0 Å². The van der Waals surface area contributed by atoms with Crippen LogP contribution in [-0.2, 0) is 4.74 Å². The lowest BCUT2D eigenvalue weighted by atomic mass is 9.89. The number of hydrogen-bond donors (Lipinski definition) is 1. The van der Waals surface area contributed by atoms with Gasteiger partial charge in [0, 0.05) is 18.8 Å². The van der Waals surface area contributed by atoms with Crippen LogP contribution in [0.5, 0.6) is 0 Å². The second-order valence-corrected chi connectivity index (χ2v) is 3.42. The van der Waals surface area contributed by atoms with Crippen LogP contribution in [0.1, 0.15) is 39.5 Å². The minimum absolute atomic E-state index is 0.498. The van der Waals surface area contributed by atoms with Crippen molar-refractivity contribution in [2.75, 3.05) is 19.8 Å². The van der Waals surface area contributed by atoms with E-state index in [1.807, 2.05) is 13.8 Å². The van der Waals surface area contributed by atoms with Crippen molar-refractivity contribution >= 4 is 0 Å². The van der Waals surface area contributed by atoms with Gasteiger partial charge < -0.3 is 10.1 Å². The Balaban J connectivity index is 0.000000336. The normalized spacial score (nSPS) is 26.5. The van der Waals surface area contributed by atoms with E-state index in [1.54, 1.807) is 0 Å². The van der Waals surface area contributed by atoms with Gasteiger partial charge in [-0.15, -0.1) is 0 Å². The third kappa shape index (κ3) is 2.20. The highest BCUT2D eigenvalue weighted by molar-refractivity contribution is 4.94. The van der Waals surface area contributed by atoms with Crippen molar-refractivity contribution in [3.8, 4) is 0 Å². The second kappa shape index (κ2) is 4.83. The molecule has 0 amide bonds. The Morgan fingerprint density at radius 1 is 1.08 bits per heavy atom. The fourth-order valence-electron chi connectivity index (χ4n) is 2.06. The van der Waals surface area contributed by atoms with Gasteiger partial charge in [0.25, 0.3) is 0 Å². The van der Waals surface area contributed by atoms with Crippen LogP contribution >= 0.6 is 0 Å². The van der Waals surface area contributed by atoms with Crippen molar-refractivity contribution in [2.24, 2.45) is 0 Å². The van der Waals surface area contributed by atoms with Gasteiger partial charge in [-0.1, -0.05) is 13.8 Å². The van der Waals surface area contributed by atoms with Crippen LogP contribution in [0.2, 0.25) is 0 Å². The molecule has 2 heteroatoms. The summed E-state index contributed by atoms with van der Waals surface area (Å²) in [5.74, 6) is 0. The Hall–Kier alpha value is -0.0800. The van der Waals surface area contributed by atoms with Gasteiger partial charge in [-0.25, -0.2) is 0 Å². The maximum absolute atomic E-state index is 5.32. The second-order valence-electron chi connectivity index (χ2n) is 3.42. The Labute approximate surface area is 75.7 Å². The molecule has 1 spiro atoms. The zero-order chi connectivity index (χ0) is 8.86. The molecule has 0 saturated carbocycles. The maximum Gasteiger partial charge on any atom is 0.0483 e. The molecule has 0 aromatic heterocycles. The van der Waals surface area contributed by atoms with Crippen molar-refractivity contribution in [2.45, 2.75) is 45.1 Å². The highest BCUT2D eigenvalue weighted by Gasteiger charge is 2.34. The topological polar surface area (TPSA) is 21.3 Å². The van der Waals surface area contributed by atoms with Crippen LogP contribution < -0.4 is 5.32 Å². The number of nitrogens with one attached hydrogen (secondary N) is 1. The van der Waals surface area contributed by atoms with E-state index in [0.29, 0.717) is 5.54 Å². The summed E-state index contributed by atoms with van der Waals surface area (Å²) in [7, 11) is 0. The van der Waals surface area contributed by atoms with Gasteiger partial charge in [0.05, 0.1) is 0 Å². The maximum atomic E-state index is 5.32. The highest BCUT2D eigenvalue weighted by Crippen LogP contribution is 2.29. The minimum atomic E-state index is 0.498. The predicted octanol–water partition coefficient (Wildman–Crippen LogP) is 1.95. The zero-order valence-corrected chi connectivity index (χ0v) is 8.36. The lowest BCUT2D eigenvalue weighted by Crippen LogP contribution is -2.44. The first-order chi connectivity index (χ1) is 5.91. The first kappa shape index (κ1) is 10.0. The Morgan fingerprint density at radius 2 is 1.75 bits per heavy atom. The molecule has 0 aromatic rings. The van der Waals surface area contributed by atoms with Gasteiger partial charge in [-0.05, 0) is 32.2 Å². The quantitative estimate of drug-likeness (QED) is 0.601. The Bertz CT molecular complexity index is 111. The molecule has 0 atom stereocenters. The van der Waals surface area contributed by atoms with E-state index in [4.69, 9.17) is 4.74 Å². The molecule has 0 radical (unpaired) electrons. The Kier molecular flexibility index (Phi) is 4.02. The Morgan fingerprint density at radius 3 is 2.25 bits per heavy atom. The van der Waals surface area contributed by atoms with Crippen LogP contribution in [0.4, 0.5) is 0 Å². The minimum Gasteiger partial charge on any atom is -0.381 e. The molecule has 2 saturated heterocycles. The molecule has 2 fully saturated rings. The summed E-state index contributed by atoms with van der Waals surface area (Å²) in [5.41, 5.74) is 0.498. The van der Waals surface area contributed by atoms with E-state index in [0.717, 1.165) is 13.2 Å². The van der Waals surface area contributed by atoms with E-state index in [9.17, 15) is 0 Å². The lowest BCUT2D eigenvalue weighted by Gasteiger charge is -2.33. The number of ether oxygens (including phenoxy) is 1. The molecule has 2 heterocycles. The molecule has 12 heavy (non-hydrogen) atoms. The van der Waals surface area contributed by atoms with Gasteiger partial charge in [0.15, 0.2) is 0 Å². The van der Waals surface area contributed by atoms with Crippen molar-refractivity contribution in [1.29, 1.82) is 0 Å². The van der Waals surface area contributed by atoms with Gasteiger partial charge in [-0.2, -0.15) is 0 Å². The molecule has 2 aliphatic heterocycles. The number of rotatable bonds is 0. The summed E-state index contributed by atoms with van der Waals surface area (Å²) in [6.07, 6.45) is 5.19. The standard InChI is InChI=1S/C8H15NO.C2H6/c1-2-8(9-5-1)3-6-10-7-4-8;1-2/h9H,1-7H2;1-2H3. The fraction of sp³-hybridized carbons (Fsp3) is 1.00. The largest absolute Gasteiger partial charge is 0.381 e. The highest BCUT2D eigenvalue weighted by atomic mass is 16.5. The molecule has 2 rings (SSSR count). The predicted molar refractivity (Wildman–Crippen MR) is 51.4 cm³/mol. The van der Waals surface area contributed by atoms with Crippen LogP contribution in [0.15, 0.2) is 0 Å². The van der Waals surface area contributed by atoms with E-state index in [2.05, 4.69) is 5.32 Å². The summed E-state index contributed by atoms with van der Waals surface area (Å²) in [6.45, 7) is 7.15. The monoisotopic (exact) mass is 171 g/mol. The zero-order valence-electron chi connectivity index (χ0n) is 8.36. The molecule has 72 valence electrons. The summed E-state index contributed by atoms with van der Waals surface area (Å²) in [4.78, 5) is 0. The van der Waals surface area contributed by atoms with Crippen LogP contribution in [0.25, 0.3) is 0 Å². The molecular weight excluding hydrogens is 150 g/mol. The summed E-state index contributed by atoms with van der Waals surface area (Å²) in [6, 6.07) is 0. The third-order valence-electron chi connectivity index (χ3n) is 2.78. The van der Waals surface area contributed by atoms with Crippen molar-refractivity contribution < 1.29 is 4.74 Å². The molecule has 0 unspecified atom stereocenters. The van der Waals surface area contributed by atoms with Gasteiger partial charge >= 0.3 is 0 Å². The first-order valence-corrected chi connectivity index (χ1v) is 5.24. The van der Waals surface area contributed by atoms with E-state index in [-0.39, 0.29) is 0 Å². The SMILES string of the molecule is C1CNC2(C1)CCOCC2.CC. The van der Waals surface area contributed by atoms with Crippen molar-refractivity contribution in [3.05, 3.63) is 0 Å². The van der Waals surface area contributed by atoms with Gasteiger partial charge in [0.1, 0.15) is 0 Å². The number of hydrogen-bond acceptors (Lipinski definition) is 2. The van der Waals surface area contributed by atoms with Crippen LogP contribution in [0.3, 0.4) is 0 Å². The van der Waals surface area contributed by atoms with E-state index in [1.165, 1.54) is 32.2 Å². The fourth-order valence-corrected chi connectivity index (χ4v) is 2.06. The third-order valence-corrected chi connectivity index (χ3v) is 2.78. The molecule has 0 aromatic carbocycles. The smallest absolute Gasteiger partial charge is 0.0483 e. The molecule has 2 nitrogen and oxygen atoms in total. The average molecular weight is 171 g/mol. The van der Waals surface area contributed by atoms with Crippen molar-refractivity contribution in [1.82, 2.24) is 5.32 Å². The molecule has 0 bridgehead atoms. The molecule has 2 aliphatic rings. The molecule has 0 aliphatic carbocycles. The van der Waals surface area contributed by atoms with Crippen LogP contribution in [-0.4, -0.2) is 25.3 Å². The van der Waals surface area contributed by atoms with Crippen molar-refractivity contribution in [3.63, 3.8) is 0 Å². The molecule has 1 N–H and O–H groups in total. The van der Waals surface area contributed by atoms with E-state index < -0.39 is 0 Å². The lowest BCUT2D eigenvalue weighted by molar-refractivity contribution is 0.0458. The average Bonchev–Trinajstić information content (AvgIpc) is 2.58.